The number of hydrogen-bond donors (Lipinski definition) is 3. The van der Waals surface area contributed by atoms with E-state index >= 15 is 0 Å². The van der Waals surface area contributed by atoms with Crippen molar-refractivity contribution >= 4 is 5.82 Å². The summed E-state index contributed by atoms with van der Waals surface area (Å²) in [7, 11) is 0. The Hall–Kier alpha value is -2.14. The van der Waals surface area contributed by atoms with Gasteiger partial charge in [-0.2, -0.15) is 0 Å². The summed E-state index contributed by atoms with van der Waals surface area (Å²) in [4.78, 5) is 18.7. The molecule has 21 heavy (non-hydrogen) atoms. The van der Waals surface area contributed by atoms with Crippen LogP contribution in [0.3, 0.4) is 0 Å². The molecule has 3 rings (SSSR count). The normalized spacial score (nSPS) is 17.3. The Morgan fingerprint density at radius 2 is 1.95 bits per heavy atom. The van der Waals surface area contributed by atoms with Gasteiger partial charge in [0.05, 0.1) is 6.04 Å². The number of benzene rings is 1. The van der Waals surface area contributed by atoms with Crippen LogP contribution in [0, 0.1) is 5.92 Å². The topological polar surface area (TPSA) is 69.8 Å². The number of nitrogens with one attached hydrogen (secondary N) is 3. The Morgan fingerprint density at radius 3 is 2.67 bits per heavy atom. The van der Waals surface area contributed by atoms with Crippen molar-refractivity contribution in [3.63, 3.8) is 0 Å². The third-order valence-electron chi connectivity index (χ3n) is 4.01. The third kappa shape index (κ3) is 3.31. The van der Waals surface area contributed by atoms with Gasteiger partial charge >= 0.3 is 0 Å². The van der Waals surface area contributed by atoms with Crippen LogP contribution in [-0.2, 0) is 0 Å². The molecule has 2 aromatic rings. The first-order valence-corrected chi connectivity index (χ1v) is 7.40. The van der Waals surface area contributed by atoms with Crippen LogP contribution in [0.1, 0.15) is 24.4 Å². The van der Waals surface area contributed by atoms with Gasteiger partial charge in [-0.1, -0.05) is 30.3 Å². The van der Waals surface area contributed by atoms with E-state index in [1.807, 2.05) is 18.2 Å². The van der Waals surface area contributed by atoms with E-state index in [1.54, 1.807) is 12.4 Å². The van der Waals surface area contributed by atoms with Crippen molar-refractivity contribution in [2.24, 2.45) is 5.92 Å². The van der Waals surface area contributed by atoms with E-state index < -0.39 is 0 Å². The lowest BCUT2D eigenvalue weighted by atomic mass is 9.86. The first kappa shape index (κ1) is 13.8. The largest absolute Gasteiger partial charge is 0.358 e. The summed E-state index contributed by atoms with van der Waals surface area (Å²) in [6.07, 6.45) is 5.35. The number of piperidine rings is 1. The first-order chi connectivity index (χ1) is 10.3. The lowest BCUT2D eigenvalue weighted by Gasteiger charge is -2.31. The summed E-state index contributed by atoms with van der Waals surface area (Å²) in [6.45, 7) is 2.04. The van der Waals surface area contributed by atoms with Crippen LogP contribution in [0.4, 0.5) is 5.82 Å². The summed E-state index contributed by atoms with van der Waals surface area (Å²) in [6, 6.07) is 10.4. The molecule has 110 valence electrons. The fraction of sp³-hybridized carbons (Fsp3) is 0.375. The smallest absolute Gasteiger partial charge is 0.290 e. The fourth-order valence-corrected chi connectivity index (χ4v) is 2.91. The summed E-state index contributed by atoms with van der Waals surface area (Å²) in [5.41, 5.74) is 1.03. The standard InChI is InChI=1S/C16H20N4O/c21-16-15(18-10-11-19-16)20-14(12-4-2-1-3-5-12)13-6-8-17-9-7-13/h1-5,10-11,13-14,17H,6-9H2,(H,18,20)(H,19,21)/t14-/m1/s1. The molecule has 1 atom stereocenters. The summed E-state index contributed by atoms with van der Waals surface area (Å²) in [5, 5.41) is 6.74. The van der Waals surface area contributed by atoms with E-state index in [2.05, 4.69) is 32.7 Å². The van der Waals surface area contributed by atoms with Crippen LogP contribution >= 0.6 is 0 Å². The molecule has 1 saturated heterocycles. The highest BCUT2D eigenvalue weighted by atomic mass is 16.1. The molecule has 5 nitrogen and oxygen atoms in total. The molecule has 3 N–H and O–H groups in total. The van der Waals surface area contributed by atoms with Crippen LogP contribution < -0.4 is 16.2 Å². The Balaban J connectivity index is 1.89. The van der Waals surface area contributed by atoms with Gasteiger partial charge in [0.2, 0.25) is 0 Å². The number of H-pyrrole nitrogens is 1. The molecule has 0 amide bonds. The van der Waals surface area contributed by atoms with Crippen molar-refractivity contribution in [1.82, 2.24) is 15.3 Å². The van der Waals surface area contributed by atoms with Gasteiger partial charge < -0.3 is 15.6 Å². The van der Waals surface area contributed by atoms with E-state index in [4.69, 9.17) is 0 Å². The molecule has 0 aliphatic carbocycles. The van der Waals surface area contributed by atoms with E-state index in [9.17, 15) is 4.79 Å². The van der Waals surface area contributed by atoms with Gasteiger partial charge in [0, 0.05) is 12.4 Å². The quantitative estimate of drug-likeness (QED) is 0.802. The van der Waals surface area contributed by atoms with Gasteiger partial charge in [0.1, 0.15) is 0 Å². The maximum absolute atomic E-state index is 11.9. The molecule has 0 radical (unpaired) electrons. The van der Waals surface area contributed by atoms with Crippen LogP contribution in [0.25, 0.3) is 0 Å². The number of nitrogens with zero attached hydrogens (tertiary/aromatic N) is 1. The van der Waals surface area contributed by atoms with Crippen molar-refractivity contribution in [3.8, 4) is 0 Å². The van der Waals surface area contributed by atoms with Crippen LogP contribution in [0.5, 0.6) is 0 Å². The summed E-state index contributed by atoms with van der Waals surface area (Å²) >= 11 is 0. The maximum atomic E-state index is 11.9. The average molecular weight is 284 g/mol. The molecular formula is C16H20N4O. The molecular weight excluding hydrogens is 264 g/mol. The second-order valence-electron chi connectivity index (χ2n) is 5.39. The molecule has 0 bridgehead atoms. The number of aromatic amines is 1. The van der Waals surface area contributed by atoms with Gasteiger partial charge in [-0.15, -0.1) is 0 Å². The lowest BCUT2D eigenvalue weighted by Crippen LogP contribution is -2.34. The molecule has 5 heteroatoms. The minimum atomic E-state index is -0.174. The molecule has 1 aliphatic rings. The number of anilines is 1. The Kier molecular flexibility index (Phi) is 4.31. The Labute approximate surface area is 123 Å². The second-order valence-corrected chi connectivity index (χ2v) is 5.39. The minimum Gasteiger partial charge on any atom is -0.358 e. The zero-order chi connectivity index (χ0) is 14.5. The van der Waals surface area contributed by atoms with Gasteiger partial charge in [-0.25, -0.2) is 4.98 Å². The van der Waals surface area contributed by atoms with Crippen molar-refractivity contribution in [2.45, 2.75) is 18.9 Å². The SMILES string of the molecule is O=c1[nH]ccnc1N[C@H](c1ccccc1)C1CCNCC1. The zero-order valence-corrected chi connectivity index (χ0v) is 11.9. The van der Waals surface area contributed by atoms with E-state index in [0.29, 0.717) is 11.7 Å². The highest BCUT2D eigenvalue weighted by Crippen LogP contribution is 2.30. The highest BCUT2D eigenvalue weighted by Gasteiger charge is 2.25. The average Bonchev–Trinajstić information content (AvgIpc) is 2.56. The summed E-state index contributed by atoms with van der Waals surface area (Å²) in [5.74, 6) is 0.889. The third-order valence-corrected chi connectivity index (χ3v) is 4.01. The predicted octanol–water partition coefficient (Wildman–Crippen LogP) is 1.92. The number of aromatic nitrogens is 2. The van der Waals surface area contributed by atoms with E-state index in [0.717, 1.165) is 25.9 Å². The highest BCUT2D eigenvalue weighted by molar-refractivity contribution is 5.36. The van der Waals surface area contributed by atoms with Crippen LogP contribution in [-0.4, -0.2) is 23.1 Å². The molecule has 1 aliphatic heterocycles. The first-order valence-electron chi connectivity index (χ1n) is 7.40. The minimum absolute atomic E-state index is 0.115. The summed E-state index contributed by atoms with van der Waals surface area (Å²) < 4.78 is 0. The van der Waals surface area contributed by atoms with Crippen molar-refractivity contribution in [1.29, 1.82) is 0 Å². The van der Waals surface area contributed by atoms with Gasteiger partial charge in [-0.3, -0.25) is 4.79 Å². The van der Waals surface area contributed by atoms with Crippen molar-refractivity contribution in [3.05, 3.63) is 58.6 Å². The Bertz CT molecular complexity index is 619. The second kappa shape index (κ2) is 6.54. The maximum Gasteiger partial charge on any atom is 0.290 e. The lowest BCUT2D eigenvalue weighted by molar-refractivity contribution is 0.335. The number of rotatable bonds is 4. The molecule has 1 aromatic heterocycles. The van der Waals surface area contributed by atoms with E-state index in [-0.39, 0.29) is 11.6 Å². The molecule has 2 heterocycles. The number of hydrogen-bond acceptors (Lipinski definition) is 4. The van der Waals surface area contributed by atoms with Gasteiger partial charge in [0.15, 0.2) is 5.82 Å². The molecule has 0 unspecified atom stereocenters. The Morgan fingerprint density at radius 1 is 1.19 bits per heavy atom. The predicted molar refractivity (Wildman–Crippen MR) is 83.3 cm³/mol. The van der Waals surface area contributed by atoms with Crippen molar-refractivity contribution in [2.75, 3.05) is 18.4 Å². The zero-order valence-electron chi connectivity index (χ0n) is 11.9. The molecule has 1 aromatic carbocycles. The van der Waals surface area contributed by atoms with Gasteiger partial charge in [0.25, 0.3) is 5.56 Å². The molecule has 1 fully saturated rings. The van der Waals surface area contributed by atoms with Crippen molar-refractivity contribution < 1.29 is 0 Å². The van der Waals surface area contributed by atoms with E-state index in [1.165, 1.54) is 5.56 Å². The molecule has 0 spiro atoms. The van der Waals surface area contributed by atoms with Gasteiger partial charge in [-0.05, 0) is 37.4 Å². The monoisotopic (exact) mass is 284 g/mol. The molecule has 0 saturated carbocycles. The van der Waals surface area contributed by atoms with Crippen LogP contribution in [0.15, 0.2) is 47.5 Å². The van der Waals surface area contributed by atoms with Crippen LogP contribution in [0.2, 0.25) is 0 Å². The fourth-order valence-electron chi connectivity index (χ4n) is 2.91.